The fourth-order valence-electron chi connectivity index (χ4n) is 4.84. The first-order valence-electron chi connectivity index (χ1n) is 12.6. The first-order chi connectivity index (χ1) is 18.2. The molecule has 200 valence electrons. The summed E-state index contributed by atoms with van der Waals surface area (Å²) >= 11 is 0. The number of carbonyl (C=O) groups excluding carboxylic acids is 1. The topological polar surface area (TPSA) is 79.5 Å². The summed E-state index contributed by atoms with van der Waals surface area (Å²) in [6, 6.07) is 10.9. The number of hydrogen-bond donors (Lipinski definition) is 2. The largest absolute Gasteiger partial charge is 0.405 e. The molecule has 0 saturated carbocycles. The average molecular weight is 526 g/mol. The van der Waals surface area contributed by atoms with Crippen LogP contribution in [0.15, 0.2) is 61.2 Å². The number of likely N-dealkylation sites (tertiary alicyclic amines) is 1. The molecule has 4 aromatic rings. The van der Waals surface area contributed by atoms with Crippen LogP contribution in [0, 0.1) is 0 Å². The van der Waals surface area contributed by atoms with Crippen LogP contribution in [0.5, 0.6) is 0 Å². The van der Waals surface area contributed by atoms with E-state index in [1.807, 2.05) is 35.0 Å². The second-order valence-electron chi connectivity index (χ2n) is 9.86. The van der Waals surface area contributed by atoms with E-state index < -0.39 is 18.8 Å². The van der Waals surface area contributed by atoms with Crippen molar-refractivity contribution in [2.24, 2.45) is 0 Å². The van der Waals surface area contributed by atoms with Crippen LogP contribution < -0.4 is 10.6 Å². The summed E-state index contributed by atoms with van der Waals surface area (Å²) in [4.78, 5) is 18.9. The van der Waals surface area contributed by atoms with Gasteiger partial charge in [-0.3, -0.25) is 9.08 Å². The molecule has 3 aromatic heterocycles. The molecule has 0 aliphatic carbocycles. The van der Waals surface area contributed by atoms with E-state index in [0.717, 1.165) is 54.0 Å². The fraction of sp³-hybridized carbons (Fsp3) is 0.370. The summed E-state index contributed by atoms with van der Waals surface area (Å²) < 4.78 is 41.1. The van der Waals surface area contributed by atoms with Gasteiger partial charge in [0.05, 0.1) is 24.1 Å². The van der Waals surface area contributed by atoms with E-state index in [1.54, 1.807) is 29.7 Å². The molecule has 38 heavy (non-hydrogen) atoms. The molecule has 2 amide bonds. The smallest absolute Gasteiger partial charge is 0.329 e. The number of rotatable bonds is 6. The third kappa shape index (κ3) is 5.83. The van der Waals surface area contributed by atoms with Gasteiger partial charge in [0.25, 0.3) is 0 Å². The Morgan fingerprint density at radius 3 is 2.61 bits per heavy atom. The van der Waals surface area contributed by atoms with Crippen LogP contribution in [0.3, 0.4) is 0 Å². The van der Waals surface area contributed by atoms with Crippen molar-refractivity contribution in [2.45, 2.75) is 44.9 Å². The number of imidazole rings is 1. The number of fused-ring (bicyclic) bond motifs is 1. The lowest BCUT2D eigenvalue weighted by molar-refractivity contribution is -0.122. The summed E-state index contributed by atoms with van der Waals surface area (Å²) in [6.45, 7) is 5.23. The summed E-state index contributed by atoms with van der Waals surface area (Å²) in [5.74, 6) is 0. The number of benzene rings is 1. The van der Waals surface area contributed by atoms with Crippen molar-refractivity contribution in [3.05, 3.63) is 61.2 Å². The predicted molar refractivity (Wildman–Crippen MR) is 140 cm³/mol. The Balaban J connectivity index is 1.30. The van der Waals surface area contributed by atoms with E-state index >= 15 is 0 Å². The molecule has 0 spiro atoms. The van der Waals surface area contributed by atoms with E-state index in [0.29, 0.717) is 17.8 Å². The van der Waals surface area contributed by atoms with Crippen LogP contribution in [-0.4, -0.2) is 61.9 Å². The van der Waals surface area contributed by atoms with Gasteiger partial charge in [0.2, 0.25) is 0 Å². The number of carbonyl (C=O) groups is 1. The van der Waals surface area contributed by atoms with Crippen molar-refractivity contribution < 1.29 is 18.0 Å². The van der Waals surface area contributed by atoms with E-state index in [4.69, 9.17) is 0 Å². The number of alkyl halides is 3. The first kappa shape index (κ1) is 25.8. The second kappa shape index (κ2) is 10.5. The maximum Gasteiger partial charge on any atom is 0.405 e. The molecule has 11 heteroatoms. The summed E-state index contributed by atoms with van der Waals surface area (Å²) in [5.41, 5.74) is 4.71. The Morgan fingerprint density at radius 2 is 1.87 bits per heavy atom. The molecule has 1 aromatic carbocycles. The van der Waals surface area contributed by atoms with Gasteiger partial charge >= 0.3 is 12.2 Å². The molecule has 1 aliphatic heterocycles. The number of piperidine rings is 1. The standard InChI is InChI=1S/C27H30F3N7O/c1-18(2)35-9-7-23(8-10-35)37-16-21(14-33-37)19-6-11-36-24(15-31-25(36)13-19)20-4-3-5-22(12-20)34-26(38)32-17-27(28,29)30/h3-6,11-16,18,23H,7-10,17H2,1-2H3,(H2,32,34,38). The van der Waals surface area contributed by atoms with Gasteiger partial charge < -0.3 is 15.5 Å². The Labute approximate surface area is 218 Å². The number of aromatic nitrogens is 4. The quantitative estimate of drug-likeness (QED) is 0.344. The minimum absolute atomic E-state index is 0.375. The number of anilines is 1. The Kier molecular flexibility index (Phi) is 7.11. The average Bonchev–Trinajstić information content (AvgIpc) is 3.55. The van der Waals surface area contributed by atoms with Gasteiger partial charge in [-0.2, -0.15) is 18.3 Å². The van der Waals surface area contributed by atoms with Gasteiger partial charge in [0, 0.05) is 48.3 Å². The van der Waals surface area contributed by atoms with Gasteiger partial charge in [-0.1, -0.05) is 12.1 Å². The number of urea groups is 1. The number of hydrogen-bond acceptors (Lipinski definition) is 4. The minimum atomic E-state index is -4.47. The highest BCUT2D eigenvalue weighted by Crippen LogP contribution is 2.29. The molecular formula is C27H30F3N7O. The zero-order valence-corrected chi connectivity index (χ0v) is 21.2. The van der Waals surface area contributed by atoms with E-state index in [1.165, 1.54) is 0 Å². The van der Waals surface area contributed by atoms with E-state index in [2.05, 4.69) is 45.0 Å². The van der Waals surface area contributed by atoms with Crippen LogP contribution in [0.2, 0.25) is 0 Å². The van der Waals surface area contributed by atoms with Crippen LogP contribution in [0.1, 0.15) is 32.7 Å². The van der Waals surface area contributed by atoms with Crippen molar-refractivity contribution in [2.75, 3.05) is 25.0 Å². The molecule has 0 bridgehead atoms. The van der Waals surface area contributed by atoms with Gasteiger partial charge in [0.15, 0.2) is 0 Å². The second-order valence-corrected chi connectivity index (χ2v) is 9.86. The zero-order chi connectivity index (χ0) is 26.9. The lowest BCUT2D eigenvalue weighted by atomic mass is 10.0. The molecule has 0 radical (unpaired) electrons. The monoisotopic (exact) mass is 525 g/mol. The van der Waals surface area contributed by atoms with Crippen molar-refractivity contribution in [1.29, 1.82) is 0 Å². The molecule has 4 heterocycles. The van der Waals surface area contributed by atoms with Crippen LogP contribution >= 0.6 is 0 Å². The number of nitrogens with zero attached hydrogens (tertiary/aromatic N) is 5. The third-order valence-corrected chi connectivity index (χ3v) is 6.92. The highest BCUT2D eigenvalue weighted by atomic mass is 19.4. The Hall–Kier alpha value is -3.86. The van der Waals surface area contributed by atoms with Gasteiger partial charge in [-0.15, -0.1) is 0 Å². The molecular weight excluding hydrogens is 495 g/mol. The maximum atomic E-state index is 12.4. The summed E-state index contributed by atoms with van der Waals surface area (Å²) in [5, 5.41) is 8.89. The molecule has 0 unspecified atom stereocenters. The Morgan fingerprint density at radius 1 is 1.08 bits per heavy atom. The minimum Gasteiger partial charge on any atom is -0.329 e. The van der Waals surface area contributed by atoms with E-state index in [9.17, 15) is 18.0 Å². The first-order valence-corrected chi connectivity index (χ1v) is 12.6. The number of halogens is 3. The predicted octanol–water partition coefficient (Wildman–Crippen LogP) is 5.59. The summed E-state index contributed by atoms with van der Waals surface area (Å²) in [6.07, 6.45) is 5.35. The number of pyridine rings is 1. The summed E-state index contributed by atoms with van der Waals surface area (Å²) in [7, 11) is 0. The van der Waals surface area contributed by atoms with Gasteiger partial charge in [-0.25, -0.2) is 9.78 Å². The van der Waals surface area contributed by atoms with Gasteiger partial charge in [0.1, 0.15) is 12.2 Å². The zero-order valence-electron chi connectivity index (χ0n) is 21.2. The molecule has 8 nitrogen and oxygen atoms in total. The third-order valence-electron chi connectivity index (χ3n) is 6.92. The highest BCUT2D eigenvalue weighted by Gasteiger charge is 2.27. The molecule has 1 saturated heterocycles. The van der Waals surface area contributed by atoms with Crippen LogP contribution in [0.4, 0.5) is 23.7 Å². The molecule has 1 fully saturated rings. The number of nitrogens with one attached hydrogen (secondary N) is 2. The Bertz CT molecular complexity index is 1420. The maximum absolute atomic E-state index is 12.4. The molecule has 0 atom stereocenters. The molecule has 5 rings (SSSR count). The lowest BCUT2D eigenvalue weighted by Crippen LogP contribution is -2.39. The van der Waals surface area contributed by atoms with E-state index in [-0.39, 0.29) is 0 Å². The van der Waals surface area contributed by atoms with Crippen molar-refractivity contribution in [3.8, 4) is 22.4 Å². The van der Waals surface area contributed by atoms with Crippen molar-refractivity contribution >= 4 is 17.4 Å². The van der Waals surface area contributed by atoms with Gasteiger partial charge in [-0.05, 0) is 56.5 Å². The lowest BCUT2D eigenvalue weighted by Gasteiger charge is -2.34. The van der Waals surface area contributed by atoms with Crippen LogP contribution in [-0.2, 0) is 0 Å². The number of amides is 2. The SMILES string of the molecule is CC(C)N1CCC(n2cc(-c3ccn4c(-c5cccc(NC(=O)NCC(F)(F)F)c5)cnc4c3)cn2)CC1. The van der Waals surface area contributed by atoms with Crippen molar-refractivity contribution in [1.82, 2.24) is 29.4 Å². The highest BCUT2D eigenvalue weighted by molar-refractivity contribution is 5.90. The van der Waals surface area contributed by atoms with Crippen LogP contribution in [0.25, 0.3) is 28.0 Å². The van der Waals surface area contributed by atoms with Crippen molar-refractivity contribution in [3.63, 3.8) is 0 Å². The fourth-order valence-corrected chi connectivity index (χ4v) is 4.84. The molecule has 2 N–H and O–H groups in total. The normalized spacial score (nSPS) is 15.3. The molecule has 1 aliphatic rings.